The van der Waals surface area contributed by atoms with Gasteiger partial charge in [0.2, 0.25) is 0 Å². The van der Waals surface area contributed by atoms with Gasteiger partial charge in [-0.1, -0.05) is 19.3 Å². The highest BCUT2D eigenvalue weighted by Crippen LogP contribution is 2.44. The second-order valence-electron chi connectivity index (χ2n) is 6.28. The Morgan fingerprint density at radius 2 is 2.00 bits per heavy atom. The molecule has 0 aromatic carbocycles. The van der Waals surface area contributed by atoms with Crippen molar-refractivity contribution in [2.75, 3.05) is 6.54 Å². The predicted molar refractivity (Wildman–Crippen MR) is 69.1 cm³/mol. The van der Waals surface area contributed by atoms with Gasteiger partial charge in [-0.3, -0.25) is 0 Å². The van der Waals surface area contributed by atoms with E-state index in [9.17, 15) is 0 Å². The lowest BCUT2D eigenvalue weighted by molar-refractivity contribution is 0.379. The number of aromatic nitrogens is 3. The van der Waals surface area contributed by atoms with Crippen molar-refractivity contribution < 1.29 is 0 Å². The van der Waals surface area contributed by atoms with Gasteiger partial charge < -0.3 is 9.88 Å². The van der Waals surface area contributed by atoms with Crippen LogP contribution in [0.2, 0.25) is 0 Å². The summed E-state index contributed by atoms with van der Waals surface area (Å²) in [5.41, 5.74) is 0. The molecule has 0 bridgehead atoms. The van der Waals surface area contributed by atoms with Gasteiger partial charge in [0.15, 0.2) is 5.82 Å². The van der Waals surface area contributed by atoms with Crippen LogP contribution in [0, 0.1) is 11.8 Å². The van der Waals surface area contributed by atoms with Gasteiger partial charge in [0.05, 0.1) is 6.04 Å². The molecule has 4 rings (SSSR count). The summed E-state index contributed by atoms with van der Waals surface area (Å²) in [5.74, 6) is 2.93. The summed E-state index contributed by atoms with van der Waals surface area (Å²) >= 11 is 0. The highest BCUT2D eigenvalue weighted by molar-refractivity contribution is 5.07. The minimum atomic E-state index is 0.473. The normalized spacial score (nSPS) is 36.3. The number of nitrogens with one attached hydrogen (secondary N) is 1. The first-order valence-electron chi connectivity index (χ1n) is 7.56. The summed E-state index contributed by atoms with van der Waals surface area (Å²) in [6, 6.07) is 1.14. The van der Waals surface area contributed by atoms with Crippen LogP contribution in [0.3, 0.4) is 0 Å². The Labute approximate surface area is 108 Å². The van der Waals surface area contributed by atoms with Gasteiger partial charge in [-0.2, -0.15) is 0 Å². The Bertz CT molecular complexity index is 421. The van der Waals surface area contributed by atoms with Crippen LogP contribution in [-0.2, 0) is 0 Å². The number of hydrogen-bond acceptors (Lipinski definition) is 3. The van der Waals surface area contributed by atoms with Crippen molar-refractivity contribution in [3.8, 4) is 0 Å². The Morgan fingerprint density at radius 1 is 1.11 bits per heavy atom. The van der Waals surface area contributed by atoms with Gasteiger partial charge >= 0.3 is 0 Å². The van der Waals surface area contributed by atoms with Crippen LogP contribution < -0.4 is 5.32 Å². The van der Waals surface area contributed by atoms with Crippen molar-refractivity contribution >= 4 is 0 Å². The zero-order valence-corrected chi connectivity index (χ0v) is 10.9. The Kier molecular flexibility index (Phi) is 2.64. The SMILES string of the molecule is c1nnc(C2NCC3CCCC32)n1C1CCCC1. The first-order chi connectivity index (χ1) is 8.93. The molecule has 4 nitrogen and oxygen atoms in total. The topological polar surface area (TPSA) is 42.7 Å². The lowest BCUT2D eigenvalue weighted by atomic mass is 9.93. The number of fused-ring (bicyclic) bond motifs is 1. The summed E-state index contributed by atoms with van der Waals surface area (Å²) in [7, 11) is 0. The second-order valence-corrected chi connectivity index (χ2v) is 6.28. The molecule has 2 heterocycles. The molecule has 1 N–H and O–H groups in total. The third-order valence-corrected chi connectivity index (χ3v) is 5.34. The van der Waals surface area contributed by atoms with Gasteiger partial charge in [0, 0.05) is 6.04 Å². The molecule has 3 fully saturated rings. The summed E-state index contributed by atoms with van der Waals surface area (Å²) in [6.45, 7) is 1.19. The maximum atomic E-state index is 4.45. The van der Waals surface area contributed by atoms with Crippen molar-refractivity contribution in [3.05, 3.63) is 12.2 Å². The van der Waals surface area contributed by atoms with E-state index in [0.717, 1.165) is 11.8 Å². The molecule has 3 aliphatic rings. The van der Waals surface area contributed by atoms with Gasteiger partial charge in [0.1, 0.15) is 6.33 Å². The molecule has 0 radical (unpaired) electrons. The molecule has 98 valence electrons. The molecule has 3 unspecified atom stereocenters. The van der Waals surface area contributed by atoms with E-state index in [4.69, 9.17) is 0 Å². The standard InChI is InChI=1S/C14H22N4/c1-2-6-11(5-1)18-9-16-17-14(18)13-12-7-3-4-10(12)8-15-13/h9-13,15H,1-8H2. The highest BCUT2D eigenvalue weighted by Gasteiger charge is 2.42. The third-order valence-electron chi connectivity index (χ3n) is 5.34. The monoisotopic (exact) mass is 246 g/mol. The number of hydrogen-bond donors (Lipinski definition) is 1. The van der Waals surface area contributed by atoms with Crippen LogP contribution in [0.25, 0.3) is 0 Å². The van der Waals surface area contributed by atoms with Crippen molar-refractivity contribution in [1.29, 1.82) is 0 Å². The van der Waals surface area contributed by atoms with Crippen LogP contribution in [0.5, 0.6) is 0 Å². The fourth-order valence-corrected chi connectivity index (χ4v) is 4.41. The molecule has 2 saturated carbocycles. The van der Waals surface area contributed by atoms with E-state index in [0.29, 0.717) is 12.1 Å². The average molecular weight is 246 g/mol. The van der Waals surface area contributed by atoms with Crippen molar-refractivity contribution in [2.24, 2.45) is 11.8 Å². The van der Waals surface area contributed by atoms with E-state index in [2.05, 4.69) is 20.1 Å². The third kappa shape index (κ3) is 1.62. The molecule has 3 atom stereocenters. The highest BCUT2D eigenvalue weighted by atomic mass is 15.3. The molecule has 2 aliphatic carbocycles. The van der Waals surface area contributed by atoms with Crippen LogP contribution in [0.15, 0.2) is 6.33 Å². The van der Waals surface area contributed by atoms with Crippen LogP contribution in [0.4, 0.5) is 0 Å². The Balaban J connectivity index is 1.62. The quantitative estimate of drug-likeness (QED) is 0.871. The van der Waals surface area contributed by atoms with Gasteiger partial charge in [0.25, 0.3) is 0 Å². The molecule has 1 aromatic rings. The molecule has 0 amide bonds. The van der Waals surface area contributed by atoms with E-state index in [-0.39, 0.29) is 0 Å². The zero-order valence-electron chi connectivity index (χ0n) is 10.9. The lowest BCUT2D eigenvalue weighted by Gasteiger charge is -2.21. The molecule has 0 spiro atoms. The van der Waals surface area contributed by atoms with Crippen LogP contribution in [0.1, 0.15) is 62.9 Å². The molecular formula is C14H22N4. The second kappa shape index (κ2) is 4.34. The number of nitrogens with zero attached hydrogens (tertiary/aromatic N) is 3. The molecule has 1 saturated heterocycles. The van der Waals surface area contributed by atoms with Crippen LogP contribution >= 0.6 is 0 Å². The fraction of sp³-hybridized carbons (Fsp3) is 0.857. The molecule has 4 heteroatoms. The maximum Gasteiger partial charge on any atom is 0.150 e. The van der Waals surface area contributed by atoms with Crippen molar-refractivity contribution in [3.63, 3.8) is 0 Å². The maximum absolute atomic E-state index is 4.45. The Hall–Kier alpha value is -0.900. The van der Waals surface area contributed by atoms with Gasteiger partial charge in [-0.15, -0.1) is 10.2 Å². The van der Waals surface area contributed by atoms with Gasteiger partial charge in [-0.25, -0.2) is 0 Å². The fourth-order valence-electron chi connectivity index (χ4n) is 4.41. The van der Waals surface area contributed by atoms with E-state index in [1.54, 1.807) is 0 Å². The first-order valence-corrected chi connectivity index (χ1v) is 7.56. The molecule has 18 heavy (non-hydrogen) atoms. The van der Waals surface area contributed by atoms with E-state index < -0.39 is 0 Å². The minimum Gasteiger partial charge on any atom is -0.313 e. The van der Waals surface area contributed by atoms with E-state index >= 15 is 0 Å². The average Bonchev–Trinajstić information content (AvgIpc) is 3.13. The smallest absolute Gasteiger partial charge is 0.150 e. The summed E-state index contributed by atoms with van der Waals surface area (Å²) in [4.78, 5) is 0. The van der Waals surface area contributed by atoms with E-state index in [1.807, 2.05) is 6.33 Å². The first kappa shape index (κ1) is 11.0. The molecule has 1 aromatic heterocycles. The zero-order chi connectivity index (χ0) is 11.9. The molecular weight excluding hydrogens is 224 g/mol. The minimum absolute atomic E-state index is 0.473. The summed E-state index contributed by atoms with van der Waals surface area (Å²) in [6.07, 6.45) is 11.5. The lowest BCUT2D eigenvalue weighted by Crippen LogP contribution is -2.23. The van der Waals surface area contributed by atoms with Crippen molar-refractivity contribution in [1.82, 2.24) is 20.1 Å². The predicted octanol–water partition coefficient (Wildman–Crippen LogP) is 2.45. The van der Waals surface area contributed by atoms with Crippen molar-refractivity contribution in [2.45, 2.75) is 57.0 Å². The largest absolute Gasteiger partial charge is 0.313 e. The van der Waals surface area contributed by atoms with Gasteiger partial charge in [-0.05, 0) is 44.1 Å². The Morgan fingerprint density at radius 3 is 2.89 bits per heavy atom. The van der Waals surface area contributed by atoms with E-state index in [1.165, 1.54) is 57.3 Å². The molecule has 1 aliphatic heterocycles. The number of rotatable bonds is 2. The summed E-state index contributed by atoms with van der Waals surface area (Å²) in [5, 5.41) is 12.4. The van der Waals surface area contributed by atoms with Crippen LogP contribution in [-0.4, -0.2) is 21.3 Å². The summed E-state index contributed by atoms with van der Waals surface area (Å²) < 4.78 is 2.38.